The van der Waals surface area contributed by atoms with Crippen molar-refractivity contribution in [2.24, 2.45) is 5.92 Å². The number of phenols is 4. The lowest BCUT2D eigenvalue weighted by molar-refractivity contribution is -0.288. The maximum absolute atomic E-state index is 13.0. The minimum atomic E-state index is -1.46. The summed E-state index contributed by atoms with van der Waals surface area (Å²) in [6.45, 7) is 3.22. The van der Waals surface area contributed by atoms with Gasteiger partial charge in [-0.15, -0.1) is 0 Å². The summed E-state index contributed by atoms with van der Waals surface area (Å²) in [6.07, 6.45) is -4.57. The van der Waals surface area contributed by atoms with Crippen molar-refractivity contribution in [1.29, 1.82) is 0 Å². The number of phenolic OH excluding ortho intramolecular Hbond substituents is 4. The molecule has 11 heteroatoms. The van der Waals surface area contributed by atoms with Crippen molar-refractivity contribution in [1.82, 2.24) is 0 Å². The number of hydrogen-bond donors (Lipinski definition) is 6. The van der Waals surface area contributed by atoms with Gasteiger partial charge in [-0.1, -0.05) is 26.0 Å². The van der Waals surface area contributed by atoms with Crippen LogP contribution in [0.2, 0.25) is 0 Å². The normalized spacial score (nSPS) is 22.4. The molecular formula is C29H38O11. The van der Waals surface area contributed by atoms with Crippen LogP contribution >= 0.6 is 0 Å². The Hall–Kier alpha value is -3.38. The van der Waals surface area contributed by atoms with Crippen LogP contribution in [-0.4, -0.2) is 79.7 Å². The van der Waals surface area contributed by atoms with Gasteiger partial charge >= 0.3 is 5.97 Å². The molecule has 6 N–H and O–H groups in total. The van der Waals surface area contributed by atoms with Gasteiger partial charge in [-0.05, 0) is 61.1 Å². The van der Waals surface area contributed by atoms with E-state index in [2.05, 4.69) is 0 Å². The van der Waals surface area contributed by atoms with E-state index in [1.165, 1.54) is 24.3 Å². The van der Waals surface area contributed by atoms with E-state index in [1.54, 1.807) is 19.1 Å². The molecule has 40 heavy (non-hydrogen) atoms. The molecule has 1 fully saturated rings. The van der Waals surface area contributed by atoms with Crippen molar-refractivity contribution in [2.45, 2.75) is 83.1 Å². The molecule has 220 valence electrons. The number of hydrogen-bond acceptors (Lipinski definition) is 11. The summed E-state index contributed by atoms with van der Waals surface area (Å²) in [5.41, 5.74) is 1.33. The molecule has 0 radical (unpaired) electrons. The number of ether oxygens (including phenoxy) is 3. The lowest BCUT2D eigenvalue weighted by Crippen LogP contribution is -2.56. The Bertz CT molecular complexity index is 1150. The highest BCUT2D eigenvalue weighted by Crippen LogP contribution is 2.29. The van der Waals surface area contributed by atoms with Gasteiger partial charge in [0, 0.05) is 12.8 Å². The number of aromatic hydroxyl groups is 4. The quantitative estimate of drug-likeness (QED) is 0.156. The zero-order valence-corrected chi connectivity index (χ0v) is 22.6. The first kappa shape index (κ1) is 31.2. The molecule has 1 saturated heterocycles. The fourth-order valence-corrected chi connectivity index (χ4v) is 4.25. The molecule has 0 unspecified atom stereocenters. The van der Waals surface area contributed by atoms with Crippen LogP contribution < -0.4 is 0 Å². The molecule has 11 nitrogen and oxygen atoms in total. The topological polar surface area (TPSA) is 183 Å². The second kappa shape index (κ2) is 14.3. The van der Waals surface area contributed by atoms with Gasteiger partial charge in [0.2, 0.25) is 0 Å². The average molecular weight is 563 g/mol. The minimum absolute atomic E-state index is 0.0569. The zero-order valence-electron chi connectivity index (χ0n) is 22.6. The van der Waals surface area contributed by atoms with Crippen LogP contribution in [0.25, 0.3) is 0 Å². The van der Waals surface area contributed by atoms with Crippen LogP contribution in [0.5, 0.6) is 23.0 Å². The molecule has 0 amide bonds. The van der Waals surface area contributed by atoms with E-state index in [0.717, 1.165) is 0 Å². The third kappa shape index (κ3) is 8.56. The van der Waals surface area contributed by atoms with Gasteiger partial charge in [0.25, 0.3) is 0 Å². The number of Topliss-reactive ketones (excluding diaryl/α,β-unsaturated/α-hetero) is 1. The number of aliphatic hydroxyl groups is 2. The monoisotopic (exact) mass is 562 g/mol. The van der Waals surface area contributed by atoms with Crippen LogP contribution in [0, 0.1) is 5.92 Å². The van der Waals surface area contributed by atoms with E-state index in [1.807, 2.05) is 6.92 Å². The smallest absolute Gasteiger partial charge is 0.309 e. The van der Waals surface area contributed by atoms with Crippen LogP contribution in [0.15, 0.2) is 36.4 Å². The Labute approximate surface area is 232 Å². The molecule has 2 aromatic carbocycles. The highest BCUT2D eigenvalue weighted by atomic mass is 16.7. The lowest BCUT2D eigenvalue weighted by atomic mass is 9.99. The third-order valence-corrected chi connectivity index (χ3v) is 7.01. The molecule has 6 atom stereocenters. The molecule has 1 aliphatic rings. The molecule has 0 aliphatic carbocycles. The van der Waals surface area contributed by atoms with Crippen molar-refractivity contribution in [2.75, 3.05) is 6.61 Å². The summed E-state index contributed by atoms with van der Waals surface area (Å²) in [4.78, 5) is 25.4. The Morgan fingerprint density at radius 1 is 0.950 bits per heavy atom. The number of ketones is 1. The summed E-state index contributed by atoms with van der Waals surface area (Å²) in [5, 5.41) is 59.3. The summed E-state index contributed by atoms with van der Waals surface area (Å²) in [7, 11) is 0. The van der Waals surface area contributed by atoms with Gasteiger partial charge < -0.3 is 44.8 Å². The van der Waals surface area contributed by atoms with Crippen LogP contribution in [0.3, 0.4) is 0 Å². The average Bonchev–Trinajstić information content (AvgIpc) is 2.93. The third-order valence-electron chi connectivity index (χ3n) is 7.01. The van der Waals surface area contributed by atoms with E-state index in [4.69, 9.17) is 14.2 Å². The molecule has 3 rings (SSSR count). The highest BCUT2D eigenvalue weighted by Gasteiger charge is 2.43. The predicted molar refractivity (Wildman–Crippen MR) is 142 cm³/mol. The van der Waals surface area contributed by atoms with Crippen LogP contribution in [0.4, 0.5) is 0 Å². The number of rotatable bonds is 13. The lowest BCUT2D eigenvalue weighted by Gasteiger charge is -2.39. The van der Waals surface area contributed by atoms with Gasteiger partial charge in [0.1, 0.15) is 18.0 Å². The number of esters is 1. The second-order valence-electron chi connectivity index (χ2n) is 10.2. The second-order valence-corrected chi connectivity index (χ2v) is 10.2. The summed E-state index contributed by atoms with van der Waals surface area (Å²) in [6, 6.07) is 8.71. The standard InChI is InChI=1S/C29H38O11/c1-3-16(2)28(37)40-27-26(36)25(35)15-38-29(27)39-20(9-5-18-7-11-22(32)24(34)13-18)14-19(30)8-4-17-6-10-21(31)23(33)12-17/h6-7,10-13,16,20,25-27,29,31-36H,3-5,8-9,14-15H2,1-2H3/t16-,20+,25-,26+,27-,29+/m1/s1. The van der Waals surface area contributed by atoms with Crippen LogP contribution in [-0.2, 0) is 36.6 Å². The number of carbonyl (C=O) groups excluding carboxylic acids is 2. The van der Waals surface area contributed by atoms with E-state index < -0.39 is 42.6 Å². The molecule has 0 saturated carbocycles. The summed E-state index contributed by atoms with van der Waals surface area (Å²) in [5.74, 6) is -2.29. The van der Waals surface area contributed by atoms with E-state index in [-0.39, 0.29) is 54.7 Å². The first-order valence-electron chi connectivity index (χ1n) is 13.4. The first-order chi connectivity index (χ1) is 19.0. The van der Waals surface area contributed by atoms with E-state index in [9.17, 15) is 40.2 Å². The summed E-state index contributed by atoms with van der Waals surface area (Å²) >= 11 is 0. The van der Waals surface area contributed by atoms with Gasteiger partial charge in [-0.25, -0.2) is 0 Å². The Morgan fingerprint density at radius 3 is 2.12 bits per heavy atom. The van der Waals surface area contributed by atoms with E-state index >= 15 is 0 Å². The largest absolute Gasteiger partial charge is 0.504 e. The molecule has 0 spiro atoms. The molecule has 0 bridgehead atoms. The van der Waals surface area contributed by atoms with Crippen molar-refractivity contribution in [3.05, 3.63) is 47.5 Å². The fraction of sp³-hybridized carbons (Fsp3) is 0.517. The van der Waals surface area contributed by atoms with Gasteiger partial charge in [-0.2, -0.15) is 0 Å². The zero-order chi connectivity index (χ0) is 29.4. The molecule has 1 aliphatic heterocycles. The Kier molecular flexibility index (Phi) is 11.1. The van der Waals surface area contributed by atoms with Crippen LogP contribution in [0.1, 0.15) is 50.7 Å². The summed E-state index contributed by atoms with van der Waals surface area (Å²) < 4.78 is 17.2. The highest BCUT2D eigenvalue weighted by molar-refractivity contribution is 5.79. The molecule has 0 aromatic heterocycles. The minimum Gasteiger partial charge on any atom is -0.504 e. The number of benzene rings is 2. The van der Waals surface area contributed by atoms with Gasteiger partial charge in [-0.3, -0.25) is 9.59 Å². The van der Waals surface area contributed by atoms with Crippen molar-refractivity contribution in [3.8, 4) is 23.0 Å². The van der Waals surface area contributed by atoms with Crippen molar-refractivity contribution < 1.29 is 54.4 Å². The van der Waals surface area contributed by atoms with Gasteiger partial charge in [0.05, 0.1) is 18.6 Å². The maximum Gasteiger partial charge on any atom is 0.309 e. The number of carbonyl (C=O) groups is 2. The predicted octanol–water partition coefficient (Wildman–Crippen LogP) is 2.45. The molecular weight excluding hydrogens is 524 g/mol. The first-order valence-corrected chi connectivity index (χ1v) is 13.4. The maximum atomic E-state index is 13.0. The molecule has 1 heterocycles. The van der Waals surface area contributed by atoms with Gasteiger partial charge in [0.15, 0.2) is 35.4 Å². The van der Waals surface area contributed by atoms with E-state index in [0.29, 0.717) is 30.4 Å². The Morgan fingerprint density at radius 2 is 1.55 bits per heavy atom. The SMILES string of the molecule is CC[C@@H](C)C(=O)O[C@H]1[C@H](O[C@@H](CCc2ccc(O)c(O)c2)CC(=O)CCc2ccc(O)c(O)c2)OC[C@@H](O)[C@@H]1O. The number of aliphatic hydroxyl groups excluding tert-OH is 2. The van der Waals surface area contributed by atoms with Crippen molar-refractivity contribution >= 4 is 11.8 Å². The number of aryl methyl sites for hydroxylation is 2. The fourth-order valence-electron chi connectivity index (χ4n) is 4.25. The Balaban J connectivity index is 1.73. The molecule has 2 aromatic rings. The van der Waals surface area contributed by atoms with Crippen molar-refractivity contribution in [3.63, 3.8) is 0 Å².